The minimum atomic E-state index is 0.602. The smallest absolute Gasteiger partial charge is 0.119 e. The average molecular weight is 184 g/mol. The van der Waals surface area contributed by atoms with Crippen LogP contribution >= 0.6 is 12.0 Å². The van der Waals surface area contributed by atoms with Crippen LogP contribution in [0.15, 0.2) is 30.3 Å². The van der Waals surface area contributed by atoms with Crippen molar-refractivity contribution in [1.82, 2.24) is 0 Å². The Hall–Kier alpha value is -0.670. The lowest BCUT2D eigenvalue weighted by Gasteiger charge is -2.04. The first-order valence-corrected chi connectivity index (χ1v) is 4.92. The first-order valence-electron chi connectivity index (χ1n) is 3.77. The van der Waals surface area contributed by atoms with Crippen molar-refractivity contribution in [3.63, 3.8) is 0 Å². The van der Waals surface area contributed by atoms with Gasteiger partial charge in [-0.05, 0) is 24.2 Å². The average Bonchev–Trinajstić information content (AvgIpc) is 2.14. The van der Waals surface area contributed by atoms with Crippen LogP contribution in [0.4, 0.5) is 0 Å². The molecule has 0 aliphatic rings. The highest BCUT2D eigenvalue weighted by molar-refractivity contribution is 7.93. The highest BCUT2D eigenvalue weighted by atomic mass is 32.2. The number of para-hydroxylation sites is 1. The topological polar surface area (TPSA) is 18.5 Å². The molecule has 66 valence electrons. The van der Waals surface area contributed by atoms with Gasteiger partial charge in [0.1, 0.15) is 12.4 Å². The molecule has 12 heavy (non-hydrogen) atoms. The first kappa shape index (κ1) is 9.42. The van der Waals surface area contributed by atoms with Gasteiger partial charge in [0.15, 0.2) is 0 Å². The van der Waals surface area contributed by atoms with E-state index in [0.717, 1.165) is 5.75 Å². The van der Waals surface area contributed by atoms with Crippen LogP contribution in [0.5, 0.6) is 5.75 Å². The molecule has 0 amide bonds. The third-order valence-corrected chi connectivity index (χ3v) is 1.70. The minimum absolute atomic E-state index is 0.602. The fourth-order valence-electron chi connectivity index (χ4n) is 0.794. The van der Waals surface area contributed by atoms with Gasteiger partial charge in [-0.25, -0.2) is 0 Å². The Morgan fingerprint density at radius 2 is 1.92 bits per heavy atom. The van der Waals surface area contributed by atoms with Crippen LogP contribution in [0.3, 0.4) is 0 Å². The summed E-state index contributed by atoms with van der Waals surface area (Å²) in [7, 11) is 0. The molecule has 0 radical (unpaired) electrons. The van der Waals surface area contributed by atoms with E-state index < -0.39 is 0 Å². The molecule has 0 heterocycles. The van der Waals surface area contributed by atoms with Gasteiger partial charge in [-0.15, -0.1) is 0 Å². The number of rotatable bonds is 5. The molecule has 0 saturated carbocycles. The van der Waals surface area contributed by atoms with Crippen molar-refractivity contribution >= 4 is 12.0 Å². The van der Waals surface area contributed by atoms with E-state index >= 15 is 0 Å². The molecule has 0 fully saturated rings. The maximum absolute atomic E-state index is 5.37. The third kappa shape index (κ3) is 3.64. The molecular weight excluding hydrogens is 172 g/mol. The molecule has 1 aromatic carbocycles. The van der Waals surface area contributed by atoms with Gasteiger partial charge in [-0.3, -0.25) is 0 Å². The Morgan fingerprint density at radius 1 is 1.17 bits per heavy atom. The highest BCUT2D eigenvalue weighted by Crippen LogP contribution is 2.07. The molecule has 0 spiro atoms. The Labute approximate surface area is 77.1 Å². The predicted octanol–water partition coefficient (Wildman–Crippen LogP) is 2.36. The zero-order chi connectivity index (χ0) is 8.65. The van der Waals surface area contributed by atoms with Crippen molar-refractivity contribution in [3.8, 4) is 5.75 Å². The van der Waals surface area contributed by atoms with Crippen LogP contribution in [0.2, 0.25) is 0 Å². The molecule has 0 aliphatic carbocycles. The Morgan fingerprint density at radius 3 is 2.58 bits per heavy atom. The molecule has 0 N–H and O–H groups in total. The molecule has 1 rings (SSSR count). The Balaban J connectivity index is 2.16. The summed E-state index contributed by atoms with van der Waals surface area (Å²) in [6, 6.07) is 9.72. The fraction of sp³-hybridized carbons (Fsp3) is 0.333. The van der Waals surface area contributed by atoms with Crippen LogP contribution in [0, 0.1) is 0 Å². The standard InChI is InChI=1S/C9H12O2S/c1-12-11-8-7-10-9-5-3-2-4-6-9/h2-6H,7-8H2,1H3. The van der Waals surface area contributed by atoms with E-state index in [-0.39, 0.29) is 0 Å². The summed E-state index contributed by atoms with van der Waals surface area (Å²) < 4.78 is 10.4. The van der Waals surface area contributed by atoms with E-state index in [4.69, 9.17) is 8.92 Å². The molecule has 0 bridgehead atoms. The van der Waals surface area contributed by atoms with E-state index in [1.807, 2.05) is 36.6 Å². The summed E-state index contributed by atoms with van der Waals surface area (Å²) in [4.78, 5) is 0. The van der Waals surface area contributed by atoms with E-state index in [1.54, 1.807) is 0 Å². The fourth-order valence-corrected chi connectivity index (χ4v) is 1.03. The van der Waals surface area contributed by atoms with Crippen molar-refractivity contribution < 1.29 is 8.92 Å². The number of hydrogen-bond acceptors (Lipinski definition) is 3. The Bertz CT molecular complexity index is 201. The second-order valence-corrected chi connectivity index (χ2v) is 2.72. The summed E-state index contributed by atoms with van der Waals surface area (Å²) in [6.45, 7) is 1.22. The zero-order valence-electron chi connectivity index (χ0n) is 7.03. The minimum Gasteiger partial charge on any atom is -0.491 e. The molecule has 1 aromatic rings. The number of ether oxygens (including phenoxy) is 1. The van der Waals surface area contributed by atoms with Crippen molar-refractivity contribution in [1.29, 1.82) is 0 Å². The van der Waals surface area contributed by atoms with Gasteiger partial charge in [0.25, 0.3) is 0 Å². The highest BCUT2D eigenvalue weighted by Gasteiger charge is 1.90. The second-order valence-electron chi connectivity index (χ2n) is 2.15. The number of benzene rings is 1. The van der Waals surface area contributed by atoms with E-state index in [2.05, 4.69) is 0 Å². The van der Waals surface area contributed by atoms with Gasteiger partial charge in [0, 0.05) is 6.26 Å². The maximum atomic E-state index is 5.37. The van der Waals surface area contributed by atoms with Crippen LogP contribution in [0.25, 0.3) is 0 Å². The maximum Gasteiger partial charge on any atom is 0.119 e. The molecule has 0 atom stereocenters. The van der Waals surface area contributed by atoms with Gasteiger partial charge >= 0.3 is 0 Å². The SMILES string of the molecule is CSOCCOc1ccccc1. The van der Waals surface area contributed by atoms with Crippen molar-refractivity contribution in [2.75, 3.05) is 19.5 Å². The van der Waals surface area contributed by atoms with E-state index in [1.165, 1.54) is 12.0 Å². The molecule has 0 aromatic heterocycles. The molecule has 2 nitrogen and oxygen atoms in total. The molecule has 0 saturated heterocycles. The van der Waals surface area contributed by atoms with Crippen molar-refractivity contribution in [3.05, 3.63) is 30.3 Å². The summed E-state index contributed by atoms with van der Waals surface area (Å²) >= 11 is 1.36. The molecular formula is C9H12O2S. The third-order valence-electron chi connectivity index (χ3n) is 1.30. The van der Waals surface area contributed by atoms with Gasteiger partial charge in [-0.1, -0.05) is 18.2 Å². The van der Waals surface area contributed by atoms with E-state index in [9.17, 15) is 0 Å². The number of hydrogen-bond donors (Lipinski definition) is 0. The van der Waals surface area contributed by atoms with Gasteiger partial charge < -0.3 is 8.92 Å². The second kappa shape index (κ2) is 5.91. The van der Waals surface area contributed by atoms with Gasteiger partial charge in [0.05, 0.1) is 6.61 Å². The van der Waals surface area contributed by atoms with Gasteiger partial charge in [-0.2, -0.15) is 0 Å². The summed E-state index contributed by atoms with van der Waals surface area (Å²) in [5.41, 5.74) is 0. The predicted molar refractivity (Wildman–Crippen MR) is 51.4 cm³/mol. The Kier molecular flexibility index (Phi) is 4.64. The van der Waals surface area contributed by atoms with Crippen LogP contribution < -0.4 is 4.74 Å². The lowest BCUT2D eigenvalue weighted by molar-refractivity contribution is 0.239. The van der Waals surface area contributed by atoms with E-state index in [0.29, 0.717) is 13.2 Å². The quantitative estimate of drug-likeness (QED) is 0.517. The lowest BCUT2D eigenvalue weighted by atomic mass is 10.3. The normalized spacial score (nSPS) is 9.75. The van der Waals surface area contributed by atoms with Crippen molar-refractivity contribution in [2.45, 2.75) is 0 Å². The van der Waals surface area contributed by atoms with Gasteiger partial charge in [0.2, 0.25) is 0 Å². The van der Waals surface area contributed by atoms with Crippen LogP contribution in [0.1, 0.15) is 0 Å². The molecule has 0 aliphatic heterocycles. The largest absolute Gasteiger partial charge is 0.491 e. The molecule has 3 heteroatoms. The van der Waals surface area contributed by atoms with Crippen molar-refractivity contribution in [2.24, 2.45) is 0 Å². The lowest BCUT2D eigenvalue weighted by Crippen LogP contribution is -2.02. The van der Waals surface area contributed by atoms with Crippen LogP contribution in [-0.2, 0) is 4.18 Å². The zero-order valence-corrected chi connectivity index (χ0v) is 7.84. The molecule has 0 unspecified atom stereocenters. The summed E-state index contributed by atoms with van der Waals surface area (Å²) in [5, 5.41) is 0. The summed E-state index contributed by atoms with van der Waals surface area (Å²) in [5.74, 6) is 0.891. The van der Waals surface area contributed by atoms with Crippen LogP contribution in [-0.4, -0.2) is 19.5 Å². The summed E-state index contributed by atoms with van der Waals surface area (Å²) in [6.07, 6.45) is 1.89. The first-order chi connectivity index (χ1) is 5.93. The monoisotopic (exact) mass is 184 g/mol.